The van der Waals surface area contributed by atoms with Crippen LogP contribution in [-0.4, -0.2) is 42.2 Å². The van der Waals surface area contributed by atoms with Crippen molar-refractivity contribution in [2.75, 3.05) is 19.4 Å². The van der Waals surface area contributed by atoms with Crippen LogP contribution in [0.15, 0.2) is 45.9 Å². The van der Waals surface area contributed by atoms with Crippen molar-refractivity contribution in [3.8, 4) is 6.07 Å². The number of thioether (sulfide) groups is 1. The molecule has 27 heavy (non-hydrogen) atoms. The van der Waals surface area contributed by atoms with Crippen LogP contribution in [0.5, 0.6) is 0 Å². The zero-order chi connectivity index (χ0) is 20.0. The second kappa shape index (κ2) is 9.54. The van der Waals surface area contributed by atoms with Gasteiger partial charge >= 0.3 is 0 Å². The Morgan fingerprint density at radius 3 is 2.44 bits per heavy atom. The molecule has 0 aromatic heterocycles. The fraction of sp³-hybridized carbons (Fsp3) is 0.381. The van der Waals surface area contributed by atoms with Crippen molar-refractivity contribution < 1.29 is 14.3 Å². The Morgan fingerprint density at radius 2 is 1.89 bits per heavy atom. The minimum absolute atomic E-state index is 0.0198. The van der Waals surface area contributed by atoms with E-state index in [0.717, 1.165) is 15.4 Å². The lowest BCUT2D eigenvalue weighted by molar-refractivity contribution is -0.140. The average Bonchev–Trinajstić information content (AvgIpc) is 2.65. The number of rotatable bonds is 7. The van der Waals surface area contributed by atoms with E-state index in [2.05, 4.69) is 0 Å². The SMILES string of the molecule is CSc1ccc(/C=C2/C(=O)N(CCCOC(C)C)C(=O)C(C#N)=C2C)cc1. The van der Waals surface area contributed by atoms with E-state index in [0.29, 0.717) is 24.2 Å². The Hall–Kier alpha value is -2.36. The number of amides is 2. The number of nitriles is 1. The van der Waals surface area contributed by atoms with E-state index < -0.39 is 5.91 Å². The highest BCUT2D eigenvalue weighted by Crippen LogP contribution is 2.27. The fourth-order valence-electron chi connectivity index (χ4n) is 2.74. The lowest BCUT2D eigenvalue weighted by Crippen LogP contribution is -2.43. The third kappa shape index (κ3) is 5.09. The molecule has 2 amide bonds. The third-order valence-corrected chi connectivity index (χ3v) is 4.97. The van der Waals surface area contributed by atoms with Crippen molar-refractivity contribution in [2.24, 2.45) is 0 Å². The van der Waals surface area contributed by atoms with Crippen molar-refractivity contribution in [1.29, 1.82) is 5.26 Å². The van der Waals surface area contributed by atoms with Gasteiger partial charge in [-0.1, -0.05) is 12.1 Å². The van der Waals surface area contributed by atoms with Crippen LogP contribution in [0.3, 0.4) is 0 Å². The summed E-state index contributed by atoms with van der Waals surface area (Å²) in [4.78, 5) is 27.7. The molecule has 6 heteroatoms. The molecule has 142 valence electrons. The van der Waals surface area contributed by atoms with Crippen molar-refractivity contribution in [3.05, 3.63) is 46.5 Å². The van der Waals surface area contributed by atoms with Gasteiger partial charge in [-0.05, 0) is 62.8 Å². The van der Waals surface area contributed by atoms with E-state index in [9.17, 15) is 14.9 Å². The maximum Gasteiger partial charge on any atom is 0.271 e. The number of imide groups is 1. The smallest absolute Gasteiger partial charge is 0.271 e. The molecule has 1 heterocycles. The molecular weight excluding hydrogens is 360 g/mol. The van der Waals surface area contributed by atoms with Gasteiger partial charge in [-0.2, -0.15) is 5.26 Å². The molecule has 0 bridgehead atoms. The standard InChI is InChI=1S/C21H24N2O3S/c1-14(2)26-11-5-10-23-20(24)18(15(3)19(13-22)21(23)25)12-16-6-8-17(27-4)9-7-16/h6-9,12,14H,5,10-11H2,1-4H3/b18-12+. The van der Waals surface area contributed by atoms with Crippen LogP contribution < -0.4 is 0 Å². The van der Waals surface area contributed by atoms with E-state index in [1.54, 1.807) is 24.8 Å². The normalized spacial score (nSPS) is 16.4. The Labute approximate surface area is 164 Å². The number of carbonyl (C=O) groups is 2. The average molecular weight is 385 g/mol. The summed E-state index contributed by atoms with van der Waals surface area (Å²) in [5.74, 6) is -0.894. The molecule has 0 saturated heterocycles. The molecule has 0 radical (unpaired) electrons. The van der Waals surface area contributed by atoms with E-state index >= 15 is 0 Å². The van der Waals surface area contributed by atoms with E-state index in [-0.39, 0.29) is 24.1 Å². The molecular formula is C21H24N2O3S. The van der Waals surface area contributed by atoms with E-state index in [1.807, 2.05) is 50.4 Å². The molecule has 2 rings (SSSR count). The molecule has 1 aliphatic heterocycles. The van der Waals surface area contributed by atoms with Crippen molar-refractivity contribution in [3.63, 3.8) is 0 Å². The maximum absolute atomic E-state index is 12.9. The lowest BCUT2D eigenvalue weighted by Gasteiger charge is -2.27. The Bertz CT molecular complexity index is 817. The third-order valence-electron chi connectivity index (χ3n) is 4.23. The van der Waals surface area contributed by atoms with Crippen LogP contribution in [0, 0.1) is 11.3 Å². The van der Waals surface area contributed by atoms with Gasteiger partial charge in [0.1, 0.15) is 11.6 Å². The predicted octanol–water partition coefficient (Wildman–Crippen LogP) is 3.82. The zero-order valence-corrected chi connectivity index (χ0v) is 16.9. The van der Waals surface area contributed by atoms with Crippen LogP contribution in [0.2, 0.25) is 0 Å². The minimum Gasteiger partial charge on any atom is -0.379 e. The van der Waals surface area contributed by atoms with Gasteiger partial charge in [0.25, 0.3) is 11.8 Å². The van der Waals surface area contributed by atoms with Crippen LogP contribution >= 0.6 is 11.8 Å². The Morgan fingerprint density at radius 1 is 1.22 bits per heavy atom. The van der Waals surface area contributed by atoms with Gasteiger partial charge in [0.15, 0.2) is 0 Å². The van der Waals surface area contributed by atoms with Crippen molar-refractivity contribution >= 4 is 29.7 Å². The summed E-state index contributed by atoms with van der Waals surface area (Å²) in [7, 11) is 0. The van der Waals surface area contributed by atoms with Crippen molar-refractivity contribution in [2.45, 2.75) is 38.2 Å². The molecule has 1 aromatic rings. The minimum atomic E-state index is -0.528. The second-order valence-electron chi connectivity index (χ2n) is 6.48. The molecule has 0 aliphatic carbocycles. The summed E-state index contributed by atoms with van der Waals surface area (Å²) in [6.45, 7) is 6.19. The van der Waals surface area contributed by atoms with Gasteiger partial charge < -0.3 is 4.74 Å². The molecule has 0 saturated carbocycles. The second-order valence-corrected chi connectivity index (χ2v) is 7.36. The molecule has 0 spiro atoms. The molecule has 1 aliphatic rings. The van der Waals surface area contributed by atoms with E-state index in [4.69, 9.17) is 4.74 Å². The lowest BCUT2D eigenvalue weighted by atomic mass is 9.93. The van der Waals surface area contributed by atoms with Gasteiger partial charge in [0, 0.05) is 23.6 Å². The van der Waals surface area contributed by atoms with Crippen LogP contribution in [0.4, 0.5) is 0 Å². The summed E-state index contributed by atoms with van der Waals surface area (Å²) in [6.07, 6.45) is 4.36. The van der Waals surface area contributed by atoms with Crippen molar-refractivity contribution in [1.82, 2.24) is 4.90 Å². The monoisotopic (exact) mass is 384 g/mol. The molecule has 0 N–H and O–H groups in total. The number of ether oxygens (including phenoxy) is 1. The summed E-state index contributed by atoms with van der Waals surface area (Å²) in [5, 5.41) is 9.41. The highest BCUT2D eigenvalue weighted by molar-refractivity contribution is 7.98. The highest BCUT2D eigenvalue weighted by Gasteiger charge is 2.35. The maximum atomic E-state index is 12.9. The molecule has 1 aromatic carbocycles. The number of hydrogen-bond acceptors (Lipinski definition) is 5. The van der Waals surface area contributed by atoms with Crippen LogP contribution in [0.1, 0.15) is 32.8 Å². The first kappa shape index (κ1) is 20.9. The van der Waals surface area contributed by atoms with Gasteiger partial charge in [-0.3, -0.25) is 14.5 Å². The molecule has 5 nitrogen and oxygen atoms in total. The summed E-state index contributed by atoms with van der Waals surface area (Å²) in [5.41, 5.74) is 1.68. The quantitative estimate of drug-likeness (QED) is 0.309. The number of nitrogens with zero attached hydrogens (tertiary/aromatic N) is 2. The largest absolute Gasteiger partial charge is 0.379 e. The number of carbonyl (C=O) groups excluding carboxylic acids is 2. The Kier molecular flexibility index (Phi) is 7.40. The molecule has 0 unspecified atom stereocenters. The first-order valence-electron chi connectivity index (χ1n) is 8.84. The first-order chi connectivity index (χ1) is 12.9. The van der Waals surface area contributed by atoms with E-state index in [1.165, 1.54) is 0 Å². The van der Waals surface area contributed by atoms with Gasteiger partial charge in [0.05, 0.1) is 6.10 Å². The van der Waals surface area contributed by atoms with Crippen LogP contribution in [0.25, 0.3) is 6.08 Å². The zero-order valence-electron chi connectivity index (χ0n) is 16.1. The highest BCUT2D eigenvalue weighted by atomic mass is 32.2. The number of benzene rings is 1. The summed E-state index contributed by atoms with van der Waals surface area (Å²) >= 11 is 1.64. The number of hydrogen-bond donors (Lipinski definition) is 0. The summed E-state index contributed by atoms with van der Waals surface area (Å²) < 4.78 is 5.48. The Balaban J connectivity index is 2.30. The van der Waals surface area contributed by atoms with Crippen LogP contribution in [-0.2, 0) is 14.3 Å². The predicted molar refractivity (Wildman–Crippen MR) is 107 cm³/mol. The van der Waals surface area contributed by atoms with Gasteiger partial charge in [0.2, 0.25) is 0 Å². The molecule has 0 fully saturated rings. The fourth-order valence-corrected chi connectivity index (χ4v) is 3.15. The topological polar surface area (TPSA) is 70.4 Å². The summed E-state index contributed by atoms with van der Waals surface area (Å²) in [6, 6.07) is 9.74. The van der Waals surface area contributed by atoms with Gasteiger partial charge in [-0.15, -0.1) is 11.8 Å². The first-order valence-corrected chi connectivity index (χ1v) is 10.1. The van der Waals surface area contributed by atoms with Gasteiger partial charge in [-0.25, -0.2) is 0 Å². The molecule has 0 atom stereocenters.